The summed E-state index contributed by atoms with van der Waals surface area (Å²) in [6, 6.07) is 3.83. The third-order valence-electron chi connectivity index (χ3n) is 3.80. The molecule has 0 aromatic heterocycles. The van der Waals surface area contributed by atoms with Crippen molar-refractivity contribution in [2.75, 3.05) is 13.1 Å². The Balaban J connectivity index is 2.92. The van der Waals surface area contributed by atoms with Crippen LogP contribution in [0.5, 0.6) is 0 Å². The van der Waals surface area contributed by atoms with Gasteiger partial charge in [-0.25, -0.2) is 0 Å². The number of carbonyl (C=O) groups is 2. The van der Waals surface area contributed by atoms with Crippen LogP contribution < -0.4 is 16.4 Å². The van der Waals surface area contributed by atoms with Crippen LogP contribution in [0.3, 0.4) is 0 Å². The van der Waals surface area contributed by atoms with Crippen molar-refractivity contribution in [2.24, 2.45) is 11.7 Å². The number of hydrogen-bond acceptors (Lipinski definition) is 4. The first-order valence-corrected chi connectivity index (χ1v) is 8.17. The topological polar surface area (TPSA) is 84.2 Å². The predicted octanol–water partition coefficient (Wildman–Crippen LogP) is 2.02. The highest BCUT2D eigenvalue weighted by molar-refractivity contribution is 6.02. The first-order chi connectivity index (χ1) is 10.8. The van der Waals surface area contributed by atoms with Crippen molar-refractivity contribution >= 4 is 11.7 Å². The lowest BCUT2D eigenvalue weighted by atomic mass is 9.90. The van der Waals surface area contributed by atoms with Crippen LogP contribution in [0, 0.1) is 12.8 Å². The van der Waals surface area contributed by atoms with Gasteiger partial charge in [0.2, 0.25) is 0 Å². The zero-order valence-electron chi connectivity index (χ0n) is 14.8. The van der Waals surface area contributed by atoms with E-state index in [4.69, 9.17) is 5.73 Å². The van der Waals surface area contributed by atoms with Gasteiger partial charge in [0.1, 0.15) is 0 Å². The summed E-state index contributed by atoms with van der Waals surface area (Å²) in [6.45, 7) is 11.2. The summed E-state index contributed by atoms with van der Waals surface area (Å²) in [4.78, 5) is 24.6. The second kappa shape index (κ2) is 8.79. The fourth-order valence-corrected chi connectivity index (χ4v) is 2.44. The SMILES string of the molecule is Cc1c(C(=O)NCCNC(C)C)ccc(C(=O)C(C)C)c1CN. The van der Waals surface area contributed by atoms with Crippen LogP contribution in [0.2, 0.25) is 0 Å². The quantitative estimate of drug-likeness (QED) is 0.505. The van der Waals surface area contributed by atoms with E-state index in [-0.39, 0.29) is 24.2 Å². The molecule has 5 nitrogen and oxygen atoms in total. The summed E-state index contributed by atoms with van der Waals surface area (Å²) in [5.74, 6) is -0.172. The summed E-state index contributed by atoms with van der Waals surface area (Å²) >= 11 is 0. The third kappa shape index (κ3) is 5.15. The van der Waals surface area contributed by atoms with E-state index < -0.39 is 0 Å². The van der Waals surface area contributed by atoms with Crippen LogP contribution in [0.15, 0.2) is 12.1 Å². The predicted molar refractivity (Wildman–Crippen MR) is 93.7 cm³/mol. The highest BCUT2D eigenvalue weighted by Gasteiger charge is 2.19. The molecule has 1 amide bonds. The molecule has 0 spiro atoms. The van der Waals surface area contributed by atoms with Crippen LogP contribution >= 0.6 is 0 Å². The number of Topliss-reactive ketones (excluding diaryl/α,β-unsaturated/α-hetero) is 1. The average Bonchev–Trinajstić information content (AvgIpc) is 2.49. The van der Waals surface area contributed by atoms with Crippen molar-refractivity contribution in [3.8, 4) is 0 Å². The maximum absolute atomic E-state index is 12.3. The lowest BCUT2D eigenvalue weighted by Crippen LogP contribution is -2.35. The van der Waals surface area contributed by atoms with E-state index in [1.54, 1.807) is 12.1 Å². The van der Waals surface area contributed by atoms with Gasteiger partial charge in [-0.2, -0.15) is 0 Å². The van der Waals surface area contributed by atoms with E-state index in [1.165, 1.54) is 0 Å². The molecule has 23 heavy (non-hydrogen) atoms. The molecular weight excluding hydrogens is 290 g/mol. The van der Waals surface area contributed by atoms with Crippen molar-refractivity contribution in [3.05, 3.63) is 34.4 Å². The minimum absolute atomic E-state index is 0.0571. The van der Waals surface area contributed by atoms with Gasteiger partial charge in [0.25, 0.3) is 5.91 Å². The van der Waals surface area contributed by atoms with Crippen LogP contribution in [0.4, 0.5) is 0 Å². The molecule has 0 heterocycles. The molecule has 4 N–H and O–H groups in total. The molecule has 0 atom stereocenters. The molecule has 5 heteroatoms. The largest absolute Gasteiger partial charge is 0.351 e. The Kier molecular flexibility index (Phi) is 7.39. The van der Waals surface area contributed by atoms with Gasteiger partial charge in [0.15, 0.2) is 5.78 Å². The van der Waals surface area contributed by atoms with Crippen molar-refractivity contribution in [1.29, 1.82) is 0 Å². The van der Waals surface area contributed by atoms with Crippen LogP contribution in [0.25, 0.3) is 0 Å². The molecule has 1 aromatic rings. The minimum Gasteiger partial charge on any atom is -0.351 e. The number of benzene rings is 1. The van der Waals surface area contributed by atoms with E-state index in [0.29, 0.717) is 23.7 Å². The number of nitrogens with one attached hydrogen (secondary N) is 2. The lowest BCUT2D eigenvalue weighted by molar-refractivity contribution is 0.0931. The van der Waals surface area contributed by atoms with E-state index in [1.807, 2.05) is 20.8 Å². The number of carbonyl (C=O) groups excluding carboxylic acids is 2. The van der Waals surface area contributed by atoms with Gasteiger partial charge in [0.05, 0.1) is 0 Å². The molecule has 1 aromatic carbocycles. The van der Waals surface area contributed by atoms with Crippen LogP contribution in [-0.4, -0.2) is 30.8 Å². The Morgan fingerprint density at radius 2 is 1.70 bits per heavy atom. The number of ketones is 1. The summed E-state index contributed by atoms with van der Waals surface area (Å²) in [6.07, 6.45) is 0. The standard InChI is InChI=1S/C18H29N3O2/c1-11(2)17(22)15-7-6-14(13(5)16(15)10-19)18(23)21-9-8-20-12(3)4/h6-7,11-12,20H,8-10,19H2,1-5H3,(H,21,23). The number of hydrogen-bond donors (Lipinski definition) is 3. The number of nitrogens with two attached hydrogens (primary N) is 1. The molecule has 1 rings (SSSR count). The Morgan fingerprint density at radius 1 is 1.09 bits per heavy atom. The Bertz CT molecular complexity index is 566. The van der Waals surface area contributed by atoms with E-state index in [2.05, 4.69) is 24.5 Å². The normalized spacial score (nSPS) is 11.1. The average molecular weight is 319 g/mol. The van der Waals surface area contributed by atoms with Crippen molar-refractivity contribution < 1.29 is 9.59 Å². The molecule has 0 saturated carbocycles. The zero-order chi connectivity index (χ0) is 17.6. The van der Waals surface area contributed by atoms with Crippen LogP contribution in [0.1, 0.15) is 59.5 Å². The highest BCUT2D eigenvalue weighted by Crippen LogP contribution is 2.21. The minimum atomic E-state index is -0.133. The van der Waals surface area contributed by atoms with E-state index >= 15 is 0 Å². The molecule has 0 aliphatic carbocycles. The monoisotopic (exact) mass is 319 g/mol. The molecule has 128 valence electrons. The zero-order valence-corrected chi connectivity index (χ0v) is 14.8. The van der Waals surface area contributed by atoms with Gasteiger partial charge in [-0.3, -0.25) is 9.59 Å². The molecule has 0 bridgehead atoms. The first-order valence-electron chi connectivity index (χ1n) is 8.17. The smallest absolute Gasteiger partial charge is 0.251 e. The first kappa shape index (κ1) is 19.3. The fraction of sp³-hybridized carbons (Fsp3) is 0.556. The second-order valence-corrected chi connectivity index (χ2v) is 6.35. The molecule has 0 saturated heterocycles. The van der Waals surface area contributed by atoms with Gasteiger partial charge in [-0.05, 0) is 24.1 Å². The summed E-state index contributed by atoms with van der Waals surface area (Å²) in [5.41, 5.74) is 8.57. The summed E-state index contributed by atoms with van der Waals surface area (Å²) in [7, 11) is 0. The van der Waals surface area contributed by atoms with Gasteiger partial charge >= 0.3 is 0 Å². The van der Waals surface area contributed by atoms with E-state index in [0.717, 1.165) is 17.7 Å². The van der Waals surface area contributed by atoms with E-state index in [9.17, 15) is 9.59 Å². The maximum Gasteiger partial charge on any atom is 0.251 e. The summed E-state index contributed by atoms with van der Waals surface area (Å²) in [5, 5.41) is 6.14. The fourth-order valence-electron chi connectivity index (χ4n) is 2.44. The maximum atomic E-state index is 12.3. The van der Waals surface area contributed by atoms with Crippen LogP contribution in [-0.2, 0) is 6.54 Å². The second-order valence-electron chi connectivity index (χ2n) is 6.35. The van der Waals surface area contributed by atoms with Gasteiger partial charge in [0, 0.05) is 42.7 Å². The molecule has 0 fully saturated rings. The number of amides is 1. The molecular formula is C18H29N3O2. The molecule has 0 aliphatic rings. The Labute approximate surface area is 139 Å². The summed E-state index contributed by atoms with van der Waals surface area (Å²) < 4.78 is 0. The lowest BCUT2D eigenvalue weighted by Gasteiger charge is -2.16. The van der Waals surface area contributed by atoms with Crippen molar-refractivity contribution in [2.45, 2.75) is 47.2 Å². The van der Waals surface area contributed by atoms with Gasteiger partial charge in [-0.15, -0.1) is 0 Å². The number of rotatable bonds is 8. The highest BCUT2D eigenvalue weighted by atomic mass is 16.1. The van der Waals surface area contributed by atoms with Gasteiger partial charge < -0.3 is 16.4 Å². The molecule has 0 unspecified atom stereocenters. The van der Waals surface area contributed by atoms with Gasteiger partial charge in [-0.1, -0.05) is 33.8 Å². The Morgan fingerprint density at radius 3 is 2.22 bits per heavy atom. The molecule has 0 radical (unpaired) electrons. The molecule has 0 aliphatic heterocycles. The Hall–Kier alpha value is -1.72. The third-order valence-corrected chi connectivity index (χ3v) is 3.80. The van der Waals surface area contributed by atoms with Crippen molar-refractivity contribution in [1.82, 2.24) is 10.6 Å². The van der Waals surface area contributed by atoms with Crippen molar-refractivity contribution in [3.63, 3.8) is 0 Å².